The van der Waals surface area contributed by atoms with Gasteiger partial charge in [0.2, 0.25) is 5.56 Å². The SMILES string of the molecule is O=C(NCc1ccsc1)c1ccc(=O)[nH]c1. The number of hydrogen-bond acceptors (Lipinski definition) is 3. The summed E-state index contributed by atoms with van der Waals surface area (Å²) in [6.07, 6.45) is 1.41. The Morgan fingerprint density at radius 3 is 2.88 bits per heavy atom. The Morgan fingerprint density at radius 1 is 1.38 bits per heavy atom. The van der Waals surface area contributed by atoms with Crippen LogP contribution in [-0.2, 0) is 6.54 Å². The summed E-state index contributed by atoms with van der Waals surface area (Å²) in [6.45, 7) is 0.501. The summed E-state index contributed by atoms with van der Waals surface area (Å²) < 4.78 is 0. The summed E-state index contributed by atoms with van der Waals surface area (Å²) in [4.78, 5) is 24.9. The van der Waals surface area contributed by atoms with Crippen LogP contribution in [0.1, 0.15) is 15.9 Å². The largest absolute Gasteiger partial charge is 0.348 e. The van der Waals surface area contributed by atoms with Crippen molar-refractivity contribution in [2.75, 3.05) is 0 Å². The lowest BCUT2D eigenvalue weighted by atomic mass is 10.2. The van der Waals surface area contributed by atoms with E-state index >= 15 is 0 Å². The van der Waals surface area contributed by atoms with E-state index < -0.39 is 0 Å². The fourth-order valence-electron chi connectivity index (χ4n) is 1.23. The first-order valence-electron chi connectivity index (χ1n) is 4.74. The number of pyridine rings is 1. The lowest BCUT2D eigenvalue weighted by Gasteiger charge is -2.02. The molecule has 16 heavy (non-hydrogen) atoms. The maximum Gasteiger partial charge on any atom is 0.253 e. The van der Waals surface area contributed by atoms with Crippen LogP contribution in [-0.4, -0.2) is 10.9 Å². The standard InChI is InChI=1S/C11H10N2O2S/c14-10-2-1-9(6-12-10)11(15)13-5-8-3-4-16-7-8/h1-4,6-7H,5H2,(H,12,14)(H,13,15). The molecular formula is C11H10N2O2S. The topological polar surface area (TPSA) is 62.0 Å². The van der Waals surface area contributed by atoms with Gasteiger partial charge in [-0.3, -0.25) is 9.59 Å². The third kappa shape index (κ3) is 2.58. The summed E-state index contributed by atoms with van der Waals surface area (Å²) >= 11 is 1.59. The predicted octanol–water partition coefficient (Wildman–Crippen LogP) is 1.37. The Morgan fingerprint density at radius 2 is 2.25 bits per heavy atom. The lowest BCUT2D eigenvalue weighted by Crippen LogP contribution is -2.23. The van der Waals surface area contributed by atoms with Crippen molar-refractivity contribution >= 4 is 17.2 Å². The summed E-state index contributed by atoms with van der Waals surface area (Å²) in [7, 11) is 0. The van der Waals surface area contributed by atoms with Crippen LogP contribution in [0, 0.1) is 0 Å². The van der Waals surface area contributed by atoms with Gasteiger partial charge in [0.25, 0.3) is 5.91 Å². The minimum atomic E-state index is -0.214. The molecule has 0 aliphatic heterocycles. The van der Waals surface area contributed by atoms with Gasteiger partial charge in [0, 0.05) is 18.8 Å². The molecule has 2 N–H and O–H groups in total. The second kappa shape index (κ2) is 4.76. The molecule has 0 fully saturated rings. The highest BCUT2D eigenvalue weighted by atomic mass is 32.1. The van der Waals surface area contributed by atoms with Crippen LogP contribution in [0.2, 0.25) is 0 Å². The van der Waals surface area contributed by atoms with E-state index in [9.17, 15) is 9.59 Å². The summed E-state index contributed by atoms with van der Waals surface area (Å²) in [6, 6.07) is 4.79. The van der Waals surface area contributed by atoms with Crippen LogP contribution in [0.25, 0.3) is 0 Å². The molecule has 0 bridgehead atoms. The van der Waals surface area contributed by atoms with Crippen molar-refractivity contribution in [3.63, 3.8) is 0 Å². The number of rotatable bonds is 3. The molecule has 0 unspecified atom stereocenters. The Balaban J connectivity index is 1.98. The molecule has 0 spiro atoms. The zero-order valence-electron chi connectivity index (χ0n) is 8.40. The second-order valence-corrected chi connectivity index (χ2v) is 4.04. The predicted molar refractivity (Wildman–Crippen MR) is 62.6 cm³/mol. The molecule has 82 valence electrons. The van der Waals surface area contributed by atoms with E-state index in [2.05, 4.69) is 10.3 Å². The Labute approximate surface area is 96.0 Å². The zero-order chi connectivity index (χ0) is 11.4. The van der Waals surface area contributed by atoms with E-state index in [1.807, 2.05) is 16.8 Å². The van der Waals surface area contributed by atoms with E-state index in [0.29, 0.717) is 12.1 Å². The number of aromatic amines is 1. The minimum absolute atomic E-state index is 0.192. The van der Waals surface area contributed by atoms with Crippen LogP contribution >= 0.6 is 11.3 Å². The van der Waals surface area contributed by atoms with E-state index in [4.69, 9.17) is 0 Å². The van der Waals surface area contributed by atoms with E-state index in [-0.39, 0.29) is 11.5 Å². The fraction of sp³-hybridized carbons (Fsp3) is 0.0909. The van der Waals surface area contributed by atoms with Gasteiger partial charge < -0.3 is 10.3 Å². The fourth-order valence-corrected chi connectivity index (χ4v) is 1.90. The van der Waals surface area contributed by atoms with Crippen molar-refractivity contribution in [1.29, 1.82) is 0 Å². The summed E-state index contributed by atoms with van der Waals surface area (Å²) in [5.74, 6) is -0.192. The maximum atomic E-state index is 11.6. The highest BCUT2D eigenvalue weighted by molar-refractivity contribution is 7.07. The molecule has 5 heteroatoms. The summed E-state index contributed by atoms with van der Waals surface area (Å²) in [5, 5.41) is 6.71. The van der Waals surface area contributed by atoms with E-state index in [1.165, 1.54) is 18.3 Å². The van der Waals surface area contributed by atoms with Crippen LogP contribution in [0.5, 0.6) is 0 Å². The van der Waals surface area contributed by atoms with Crippen molar-refractivity contribution in [2.45, 2.75) is 6.54 Å². The second-order valence-electron chi connectivity index (χ2n) is 3.26. The molecule has 2 aromatic rings. The molecule has 0 atom stereocenters. The van der Waals surface area contributed by atoms with E-state index in [0.717, 1.165) is 5.56 Å². The highest BCUT2D eigenvalue weighted by Gasteiger charge is 2.04. The van der Waals surface area contributed by atoms with Gasteiger partial charge in [-0.15, -0.1) is 0 Å². The first-order valence-corrected chi connectivity index (χ1v) is 5.68. The van der Waals surface area contributed by atoms with Crippen molar-refractivity contribution in [2.24, 2.45) is 0 Å². The minimum Gasteiger partial charge on any atom is -0.348 e. The van der Waals surface area contributed by atoms with Gasteiger partial charge in [0.05, 0.1) is 5.56 Å². The number of carbonyl (C=O) groups excluding carboxylic acids is 1. The number of amides is 1. The summed E-state index contributed by atoms with van der Waals surface area (Å²) in [5.41, 5.74) is 1.31. The van der Waals surface area contributed by atoms with Gasteiger partial charge in [-0.1, -0.05) is 0 Å². The van der Waals surface area contributed by atoms with Gasteiger partial charge >= 0.3 is 0 Å². The Bertz CT molecular complexity index is 511. The molecule has 1 amide bonds. The number of carbonyl (C=O) groups is 1. The maximum absolute atomic E-state index is 11.6. The van der Waals surface area contributed by atoms with Crippen LogP contribution in [0.3, 0.4) is 0 Å². The molecular weight excluding hydrogens is 224 g/mol. The molecule has 2 heterocycles. The third-order valence-electron chi connectivity index (χ3n) is 2.08. The molecule has 0 radical (unpaired) electrons. The van der Waals surface area contributed by atoms with Gasteiger partial charge in [-0.05, 0) is 28.5 Å². The monoisotopic (exact) mass is 234 g/mol. The molecule has 0 saturated carbocycles. The van der Waals surface area contributed by atoms with Crippen molar-refractivity contribution in [1.82, 2.24) is 10.3 Å². The first kappa shape index (κ1) is 10.6. The number of hydrogen-bond donors (Lipinski definition) is 2. The lowest BCUT2D eigenvalue weighted by molar-refractivity contribution is 0.0950. The van der Waals surface area contributed by atoms with Crippen molar-refractivity contribution in [3.05, 3.63) is 56.6 Å². The van der Waals surface area contributed by atoms with Crippen LogP contribution in [0.15, 0.2) is 40.0 Å². The third-order valence-corrected chi connectivity index (χ3v) is 2.81. The average molecular weight is 234 g/mol. The number of H-pyrrole nitrogens is 1. The molecule has 0 saturated heterocycles. The molecule has 2 aromatic heterocycles. The first-order chi connectivity index (χ1) is 7.75. The normalized spacial score (nSPS) is 10.0. The van der Waals surface area contributed by atoms with E-state index in [1.54, 1.807) is 11.3 Å². The van der Waals surface area contributed by atoms with Gasteiger partial charge in [-0.2, -0.15) is 11.3 Å². The number of thiophene rings is 1. The van der Waals surface area contributed by atoms with Crippen molar-refractivity contribution < 1.29 is 4.79 Å². The van der Waals surface area contributed by atoms with Crippen LogP contribution < -0.4 is 10.9 Å². The van der Waals surface area contributed by atoms with Crippen LogP contribution in [0.4, 0.5) is 0 Å². The smallest absolute Gasteiger partial charge is 0.253 e. The number of aromatic nitrogens is 1. The number of nitrogens with one attached hydrogen (secondary N) is 2. The Kier molecular flexibility index (Phi) is 3.16. The van der Waals surface area contributed by atoms with Gasteiger partial charge in [0.15, 0.2) is 0 Å². The van der Waals surface area contributed by atoms with Gasteiger partial charge in [0.1, 0.15) is 0 Å². The zero-order valence-corrected chi connectivity index (χ0v) is 9.21. The Hall–Kier alpha value is -1.88. The van der Waals surface area contributed by atoms with Crippen molar-refractivity contribution in [3.8, 4) is 0 Å². The average Bonchev–Trinajstić information content (AvgIpc) is 2.80. The quantitative estimate of drug-likeness (QED) is 0.842. The molecule has 2 rings (SSSR count). The molecule has 0 aromatic carbocycles. The molecule has 0 aliphatic rings. The molecule has 4 nitrogen and oxygen atoms in total. The highest BCUT2D eigenvalue weighted by Crippen LogP contribution is 2.05. The molecule has 0 aliphatic carbocycles. The van der Waals surface area contributed by atoms with Gasteiger partial charge in [-0.25, -0.2) is 0 Å².